The number of carbonyl (C=O) groups is 4. The van der Waals surface area contributed by atoms with Gasteiger partial charge in [-0.15, -0.1) is 0 Å². The minimum Gasteiger partial charge on any atom is -0.458 e. The zero-order chi connectivity index (χ0) is 33.2. The molecule has 0 heterocycles. The Hall–Kier alpha value is -4.28. The van der Waals surface area contributed by atoms with Crippen LogP contribution in [0.15, 0.2) is 91.0 Å². The van der Waals surface area contributed by atoms with E-state index in [1.807, 2.05) is 78.9 Å². The number of esters is 4. The summed E-state index contributed by atoms with van der Waals surface area (Å²) < 4.78 is 27.7. The molecule has 0 N–H and O–H groups in total. The molecule has 240 valence electrons. The molecular weight excluding hydrogens is 592 g/mol. The van der Waals surface area contributed by atoms with Crippen molar-refractivity contribution in [1.82, 2.24) is 0 Å². The highest BCUT2D eigenvalue weighted by Crippen LogP contribution is 2.37. The fraction of sp³-hybridized carbons (Fsp3) is 0.371. The molecule has 10 heteroatoms. The van der Waals surface area contributed by atoms with E-state index in [4.69, 9.17) is 23.4 Å². The number of rotatable bonds is 13. The minimum absolute atomic E-state index is 0.0210. The van der Waals surface area contributed by atoms with Crippen LogP contribution in [-0.2, 0) is 49.2 Å². The summed E-state index contributed by atoms with van der Waals surface area (Å²) in [7, 11) is -3.06. The molecular formula is C35H42O9Si. The molecule has 0 unspecified atom stereocenters. The molecule has 0 aromatic heterocycles. The van der Waals surface area contributed by atoms with Crippen molar-refractivity contribution in [1.29, 1.82) is 0 Å². The van der Waals surface area contributed by atoms with Crippen LogP contribution in [0.4, 0.5) is 0 Å². The van der Waals surface area contributed by atoms with Crippen LogP contribution in [0.1, 0.15) is 54.0 Å². The number of ether oxygens (including phenoxy) is 4. The summed E-state index contributed by atoms with van der Waals surface area (Å²) in [6, 6.07) is 28.7. The number of benzene rings is 3. The lowest BCUT2D eigenvalue weighted by molar-refractivity contribution is -0.183. The first-order chi connectivity index (χ1) is 21.3. The summed E-state index contributed by atoms with van der Waals surface area (Å²) in [5.74, 6) is -3.40. The quantitative estimate of drug-likeness (QED) is 0.152. The molecule has 0 aliphatic rings. The summed E-state index contributed by atoms with van der Waals surface area (Å²) in [6.07, 6.45) is -4.96. The maximum Gasteiger partial charge on any atom is 0.347 e. The van der Waals surface area contributed by atoms with E-state index in [2.05, 4.69) is 20.8 Å². The second-order valence-corrected chi connectivity index (χ2v) is 16.0. The van der Waals surface area contributed by atoms with Crippen LogP contribution in [0.25, 0.3) is 0 Å². The van der Waals surface area contributed by atoms with Gasteiger partial charge in [-0.3, -0.25) is 0 Å². The summed E-state index contributed by atoms with van der Waals surface area (Å²) in [5.41, 5.74) is 0.779. The Morgan fingerprint density at radius 1 is 0.556 bits per heavy atom. The highest BCUT2D eigenvalue weighted by Gasteiger charge is 2.52. The third kappa shape index (κ3) is 9.12. The van der Waals surface area contributed by atoms with Crippen molar-refractivity contribution in [3.8, 4) is 0 Å². The van der Waals surface area contributed by atoms with Gasteiger partial charge >= 0.3 is 23.9 Å². The Balaban J connectivity index is 1.61. The molecule has 0 spiro atoms. The molecule has 4 atom stereocenters. The van der Waals surface area contributed by atoms with E-state index < -0.39 is 56.6 Å². The molecule has 0 fully saturated rings. The molecule has 0 amide bonds. The van der Waals surface area contributed by atoms with Gasteiger partial charge in [0.2, 0.25) is 0 Å². The average Bonchev–Trinajstić information content (AvgIpc) is 3.02. The predicted octanol–water partition coefficient (Wildman–Crippen LogP) is 4.49. The average molecular weight is 635 g/mol. The van der Waals surface area contributed by atoms with Crippen LogP contribution in [0.3, 0.4) is 0 Å². The van der Waals surface area contributed by atoms with Crippen LogP contribution in [0, 0.1) is 0 Å². The maximum atomic E-state index is 13.3. The predicted molar refractivity (Wildman–Crippen MR) is 171 cm³/mol. The van der Waals surface area contributed by atoms with Gasteiger partial charge in [-0.05, 0) is 48.7 Å². The van der Waals surface area contributed by atoms with Crippen LogP contribution < -0.4 is 10.4 Å². The Bertz CT molecular complexity index is 1380. The number of hydrogen-bond donors (Lipinski definition) is 0. The largest absolute Gasteiger partial charge is 0.458 e. The van der Waals surface area contributed by atoms with Gasteiger partial charge < -0.3 is 23.4 Å². The fourth-order valence-corrected chi connectivity index (χ4v) is 9.45. The van der Waals surface area contributed by atoms with Crippen molar-refractivity contribution in [3.63, 3.8) is 0 Å². The van der Waals surface area contributed by atoms with Gasteiger partial charge in [0.1, 0.15) is 12.7 Å². The van der Waals surface area contributed by atoms with E-state index in [0.29, 0.717) is 0 Å². The van der Waals surface area contributed by atoms with Gasteiger partial charge in [-0.25, -0.2) is 19.2 Å². The number of hydrogen-bond acceptors (Lipinski definition) is 9. The Labute approximate surface area is 265 Å². The van der Waals surface area contributed by atoms with Crippen LogP contribution in [0.5, 0.6) is 0 Å². The first-order valence-corrected chi connectivity index (χ1v) is 16.8. The second kappa shape index (κ2) is 15.6. The molecule has 3 aromatic rings. The van der Waals surface area contributed by atoms with E-state index >= 15 is 0 Å². The molecule has 0 saturated heterocycles. The smallest absolute Gasteiger partial charge is 0.347 e. The van der Waals surface area contributed by atoms with E-state index in [1.54, 1.807) is 19.1 Å². The van der Waals surface area contributed by atoms with Crippen LogP contribution in [0.2, 0.25) is 5.04 Å². The highest BCUT2D eigenvalue weighted by molar-refractivity contribution is 6.99. The van der Waals surface area contributed by atoms with Gasteiger partial charge in [-0.2, -0.15) is 0 Å². The van der Waals surface area contributed by atoms with E-state index in [9.17, 15) is 19.2 Å². The van der Waals surface area contributed by atoms with Crippen molar-refractivity contribution in [2.24, 2.45) is 0 Å². The molecule has 0 radical (unpaired) electrons. The Kier molecular flexibility index (Phi) is 12.2. The third-order valence-electron chi connectivity index (χ3n) is 7.20. The molecule has 0 bridgehead atoms. The zero-order valence-corrected chi connectivity index (χ0v) is 27.9. The monoisotopic (exact) mass is 634 g/mol. The fourth-order valence-electron chi connectivity index (χ4n) is 4.81. The molecule has 45 heavy (non-hydrogen) atoms. The van der Waals surface area contributed by atoms with Gasteiger partial charge in [0.25, 0.3) is 8.32 Å². The first-order valence-electron chi connectivity index (χ1n) is 14.9. The van der Waals surface area contributed by atoms with Crippen molar-refractivity contribution in [2.75, 3.05) is 0 Å². The minimum atomic E-state index is -3.06. The van der Waals surface area contributed by atoms with Crippen molar-refractivity contribution in [2.45, 2.75) is 84.5 Å². The molecule has 3 aromatic carbocycles. The lowest BCUT2D eigenvalue weighted by atomic mass is 10.2. The van der Waals surface area contributed by atoms with Crippen LogP contribution >= 0.6 is 0 Å². The first kappa shape index (κ1) is 35.2. The van der Waals surface area contributed by atoms with Gasteiger partial charge in [0.05, 0.1) is 0 Å². The summed E-state index contributed by atoms with van der Waals surface area (Å²) in [6.45, 7) is 11.9. The maximum absolute atomic E-state index is 13.3. The van der Waals surface area contributed by atoms with Gasteiger partial charge in [0.15, 0.2) is 18.3 Å². The topological polar surface area (TPSA) is 114 Å². The van der Waals surface area contributed by atoms with Gasteiger partial charge in [0, 0.05) is 0 Å². The number of carbonyl (C=O) groups excluding carboxylic acids is 4. The highest BCUT2D eigenvalue weighted by atomic mass is 28.4. The zero-order valence-electron chi connectivity index (χ0n) is 26.9. The summed E-state index contributed by atoms with van der Waals surface area (Å²) in [5, 5.41) is 1.60. The molecule has 0 aliphatic heterocycles. The van der Waals surface area contributed by atoms with Crippen molar-refractivity contribution in [3.05, 3.63) is 96.6 Å². The SMILES string of the molecule is C[C@H](OC(=O)[C@H](C)OC(=O)[C@H](C)OC(=O)[C@H](C)O[Si](c1ccccc1)(c1ccccc1)C(C)(C)C)C(=O)OCc1ccccc1. The summed E-state index contributed by atoms with van der Waals surface area (Å²) in [4.78, 5) is 50.8. The standard InChI is InChI=1S/C35H42O9Si/c1-24(31(36)40-23-28-17-11-8-12-18-28)41-32(37)25(2)42-33(38)26(3)43-34(39)27(4)44-45(35(5,6)7,29-19-13-9-14-20-29)30-21-15-10-16-22-30/h8-22,24-27H,23H2,1-7H3/t24-,25-,26-,27-/m0/s1. The normalized spacial score (nSPS) is 14.3. The van der Waals surface area contributed by atoms with E-state index in [-0.39, 0.29) is 11.6 Å². The van der Waals surface area contributed by atoms with Gasteiger partial charge in [-0.1, -0.05) is 112 Å². The Morgan fingerprint density at radius 3 is 1.31 bits per heavy atom. The third-order valence-corrected chi connectivity index (χ3v) is 12.3. The lowest BCUT2D eigenvalue weighted by Gasteiger charge is -2.44. The van der Waals surface area contributed by atoms with E-state index in [0.717, 1.165) is 15.9 Å². The van der Waals surface area contributed by atoms with Crippen molar-refractivity contribution < 1.29 is 42.6 Å². The Morgan fingerprint density at radius 2 is 0.911 bits per heavy atom. The molecule has 0 saturated carbocycles. The van der Waals surface area contributed by atoms with E-state index in [1.165, 1.54) is 20.8 Å². The summed E-state index contributed by atoms with van der Waals surface area (Å²) >= 11 is 0. The lowest BCUT2D eigenvalue weighted by Crippen LogP contribution is -2.68. The molecule has 0 aliphatic carbocycles. The van der Waals surface area contributed by atoms with Crippen LogP contribution in [-0.4, -0.2) is 56.6 Å². The second-order valence-electron chi connectivity index (χ2n) is 11.8. The molecule has 3 rings (SSSR count). The molecule has 9 nitrogen and oxygen atoms in total. The van der Waals surface area contributed by atoms with Crippen molar-refractivity contribution >= 4 is 42.6 Å².